The summed E-state index contributed by atoms with van der Waals surface area (Å²) in [5.74, 6) is -1.43. The van der Waals surface area contributed by atoms with Gasteiger partial charge in [-0.2, -0.15) is 0 Å². The van der Waals surface area contributed by atoms with E-state index in [9.17, 15) is 14.4 Å². The average molecular weight is 406 g/mol. The summed E-state index contributed by atoms with van der Waals surface area (Å²) in [5.41, 5.74) is 0.0587. The molecule has 8 heteroatoms. The number of ether oxygens (including phenoxy) is 1. The molecule has 0 aromatic heterocycles. The molecule has 21 heavy (non-hydrogen) atoms. The van der Waals surface area contributed by atoms with Crippen molar-refractivity contribution in [1.82, 2.24) is 10.6 Å². The predicted octanol–water partition coefficient (Wildman–Crippen LogP) is 1.60. The standard InChI is InChI=1S/C13H15IN2O5/c1-7(2)15-13(20)16-11(17)6-21-10-5-8(12(18)19)3-4-9(10)14/h3-5,7H,6H2,1-2H3,(H,18,19)(H2,15,16,17,20). The minimum atomic E-state index is -1.09. The molecule has 0 saturated carbocycles. The fourth-order valence-corrected chi connectivity index (χ4v) is 1.84. The van der Waals surface area contributed by atoms with Crippen molar-refractivity contribution in [3.8, 4) is 5.75 Å². The number of nitrogens with one attached hydrogen (secondary N) is 2. The first kappa shape index (κ1) is 17.2. The van der Waals surface area contributed by atoms with Crippen molar-refractivity contribution in [3.63, 3.8) is 0 Å². The number of aromatic carboxylic acids is 1. The molecule has 0 heterocycles. The van der Waals surface area contributed by atoms with Crippen LogP contribution in [0.2, 0.25) is 0 Å². The highest BCUT2D eigenvalue weighted by molar-refractivity contribution is 14.1. The van der Waals surface area contributed by atoms with Gasteiger partial charge in [-0.05, 0) is 54.6 Å². The summed E-state index contributed by atoms with van der Waals surface area (Å²) in [7, 11) is 0. The van der Waals surface area contributed by atoms with E-state index in [4.69, 9.17) is 9.84 Å². The quantitative estimate of drug-likeness (QED) is 0.645. The van der Waals surface area contributed by atoms with Gasteiger partial charge in [-0.15, -0.1) is 0 Å². The Bertz CT molecular complexity index is 559. The summed E-state index contributed by atoms with van der Waals surface area (Å²) in [4.78, 5) is 33.7. The predicted molar refractivity (Wildman–Crippen MR) is 83.4 cm³/mol. The first-order valence-corrected chi connectivity index (χ1v) is 7.13. The number of halogens is 1. The van der Waals surface area contributed by atoms with Gasteiger partial charge in [0, 0.05) is 6.04 Å². The molecule has 0 aliphatic rings. The lowest BCUT2D eigenvalue weighted by Crippen LogP contribution is -2.44. The molecule has 114 valence electrons. The normalized spacial score (nSPS) is 10.1. The highest BCUT2D eigenvalue weighted by Gasteiger charge is 2.12. The maximum atomic E-state index is 11.5. The monoisotopic (exact) mass is 406 g/mol. The lowest BCUT2D eigenvalue weighted by Gasteiger charge is -2.11. The molecule has 0 atom stereocenters. The van der Waals surface area contributed by atoms with E-state index in [0.29, 0.717) is 3.57 Å². The molecule has 0 radical (unpaired) electrons. The van der Waals surface area contributed by atoms with Gasteiger partial charge in [0.05, 0.1) is 9.13 Å². The molecule has 0 fully saturated rings. The Morgan fingerprint density at radius 1 is 1.33 bits per heavy atom. The van der Waals surface area contributed by atoms with Gasteiger partial charge in [0.15, 0.2) is 6.61 Å². The van der Waals surface area contributed by atoms with Crippen molar-refractivity contribution in [1.29, 1.82) is 0 Å². The van der Waals surface area contributed by atoms with Crippen LogP contribution in [-0.4, -0.2) is 35.7 Å². The molecule has 0 bridgehead atoms. The van der Waals surface area contributed by atoms with Crippen LogP contribution in [0.25, 0.3) is 0 Å². The molecule has 7 nitrogen and oxygen atoms in total. The van der Waals surface area contributed by atoms with E-state index in [-0.39, 0.29) is 24.0 Å². The number of carboxylic acid groups (broad SMARTS) is 1. The molecule has 0 aliphatic heterocycles. The van der Waals surface area contributed by atoms with E-state index < -0.39 is 17.9 Å². The number of benzene rings is 1. The Kier molecular flexibility index (Phi) is 6.40. The van der Waals surface area contributed by atoms with E-state index >= 15 is 0 Å². The number of carbonyl (C=O) groups excluding carboxylic acids is 2. The van der Waals surface area contributed by atoms with Gasteiger partial charge < -0.3 is 15.2 Å². The second-order valence-electron chi connectivity index (χ2n) is 4.42. The molecule has 0 aliphatic carbocycles. The third kappa shape index (κ3) is 5.98. The van der Waals surface area contributed by atoms with E-state index in [2.05, 4.69) is 10.6 Å². The van der Waals surface area contributed by atoms with Gasteiger partial charge >= 0.3 is 12.0 Å². The van der Waals surface area contributed by atoms with Gasteiger partial charge in [0.25, 0.3) is 5.91 Å². The van der Waals surface area contributed by atoms with Crippen molar-refractivity contribution in [2.24, 2.45) is 0 Å². The van der Waals surface area contributed by atoms with E-state index in [1.165, 1.54) is 12.1 Å². The number of urea groups is 1. The van der Waals surface area contributed by atoms with Crippen LogP contribution in [0.3, 0.4) is 0 Å². The summed E-state index contributed by atoms with van der Waals surface area (Å²) >= 11 is 1.96. The van der Waals surface area contributed by atoms with Crippen molar-refractivity contribution < 1.29 is 24.2 Å². The summed E-state index contributed by atoms with van der Waals surface area (Å²) in [6.45, 7) is 3.14. The number of hydrogen-bond donors (Lipinski definition) is 3. The Labute approximate surface area is 135 Å². The van der Waals surface area contributed by atoms with Gasteiger partial charge in [-0.25, -0.2) is 9.59 Å². The molecule has 0 spiro atoms. The zero-order valence-electron chi connectivity index (χ0n) is 11.5. The number of hydrogen-bond acceptors (Lipinski definition) is 4. The maximum absolute atomic E-state index is 11.5. The smallest absolute Gasteiger partial charge is 0.335 e. The molecule has 1 aromatic carbocycles. The number of carboxylic acids is 1. The molecule has 1 rings (SSSR count). The molecule has 3 N–H and O–H groups in total. The van der Waals surface area contributed by atoms with E-state index in [0.717, 1.165) is 0 Å². The van der Waals surface area contributed by atoms with Crippen LogP contribution >= 0.6 is 22.6 Å². The van der Waals surface area contributed by atoms with E-state index in [1.807, 2.05) is 22.6 Å². The SMILES string of the molecule is CC(C)NC(=O)NC(=O)COc1cc(C(=O)O)ccc1I. The number of carbonyl (C=O) groups is 3. The number of amides is 3. The second kappa shape index (κ2) is 7.81. The molecule has 0 unspecified atom stereocenters. The zero-order chi connectivity index (χ0) is 16.0. The third-order valence-corrected chi connectivity index (χ3v) is 3.10. The average Bonchev–Trinajstić information content (AvgIpc) is 2.36. The van der Waals surface area contributed by atoms with Crippen LogP contribution in [-0.2, 0) is 4.79 Å². The van der Waals surface area contributed by atoms with Crippen LogP contribution in [0, 0.1) is 3.57 Å². The Morgan fingerprint density at radius 3 is 2.57 bits per heavy atom. The van der Waals surface area contributed by atoms with Crippen LogP contribution < -0.4 is 15.4 Å². The van der Waals surface area contributed by atoms with Crippen molar-refractivity contribution >= 4 is 40.5 Å². The minimum absolute atomic E-state index is 0.0587. The van der Waals surface area contributed by atoms with Crippen LogP contribution in [0.4, 0.5) is 4.79 Å². The van der Waals surface area contributed by atoms with Gasteiger partial charge in [-0.3, -0.25) is 10.1 Å². The van der Waals surface area contributed by atoms with Crippen LogP contribution in [0.1, 0.15) is 24.2 Å². The van der Waals surface area contributed by atoms with Crippen LogP contribution in [0.15, 0.2) is 18.2 Å². The Morgan fingerprint density at radius 2 is 2.00 bits per heavy atom. The maximum Gasteiger partial charge on any atom is 0.335 e. The number of imide groups is 1. The topological polar surface area (TPSA) is 105 Å². The summed E-state index contributed by atoms with van der Waals surface area (Å²) in [6, 6.07) is 3.64. The fraction of sp³-hybridized carbons (Fsp3) is 0.308. The minimum Gasteiger partial charge on any atom is -0.483 e. The largest absolute Gasteiger partial charge is 0.483 e. The summed E-state index contributed by atoms with van der Waals surface area (Å²) in [5, 5.41) is 13.5. The summed E-state index contributed by atoms with van der Waals surface area (Å²) < 4.78 is 5.90. The van der Waals surface area contributed by atoms with Gasteiger partial charge in [-0.1, -0.05) is 0 Å². The lowest BCUT2D eigenvalue weighted by atomic mass is 10.2. The lowest BCUT2D eigenvalue weighted by molar-refractivity contribution is -0.122. The van der Waals surface area contributed by atoms with Crippen molar-refractivity contribution in [2.75, 3.05) is 6.61 Å². The van der Waals surface area contributed by atoms with Gasteiger partial charge in [0.2, 0.25) is 0 Å². The van der Waals surface area contributed by atoms with Crippen LogP contribution in [0.5, 0.6) is 5.75 Å². The Balaban J connectivity index is 2.59. The first-order valence-electron chi connectivity index (χ1n) is 6.05. The summed E-state index contributed by atoms with van der Waals surface area (Å²) in [6.07, 6.45) is 0. The molecule has 3 amide bonds. The molecular formula is C13H15IN2O5. The molecule has 0 saturated heterocycles. The second-order valence-corrected chi connectivity index (χ2v) is 5.58. The Hall–Kier alpha value is -1.84. The van der Waals surface area contributed by atoms with E-state index in [1.54, 1.807) is 19.9 Å². The van der Waals surface area contributed by atoms with Gasteiger partial charge in [0.1, 0.15) is 5.75 Å². The highest BCUT2D eigenvalue weighted by atomic mass is 127. The molecule has 1 aromatic rings. The highest BCUT2D eigenvalue weighted by Crippen LogP contribution is 2.22. The zero-order valence-corrected chi connectivity index (χ0v) is 13.6. The number of rotatable bonds is 5. The van der Waals surface area contributed by atoms with Crippen molar-refractivity contribution in [2.45, 2.75) is 19.9 Å². The van der Waals surface area contributed by atoms with Crippen molar-refractivity contribution in [3.05, 3.63) is 27.3 Å². The fourth-order valence-electron chi connectivity index (χ4n) is 1.35. The molecular weight excluding hydrogens is 391 g/mol. The first-order chi connectivity index (χ1) is 9.79. The third-order valence-electron chi connectivity index (χ3n) is 2.21.